The molecule has 1 heterocycles. The van der Waals surface area contributed by atoms with Crippen LogP contribution in [-0.2, 0) is 11.3 Å². The number of carbonyl (C=O) groups is 2. The van der Waals surface area contributed by atoms with Crippen LogP contribution in [0.5, 0.6) is 11.5 Å². The molecule has 2 aromatic carbocycles. The molecule has 0 atom stereocenters. The lowest BCUT2D eigenvalue weighted by Crippen LogP contribution is -2.30. The Morgan fingerprint density at radius 1 is 1.10 bits per heavy atom. The number of nitro benzene ring substituents is 1. The highest BCUT2D eigenvalue weighted by molar-refractivity contribution is 6.14. The van der Waals surface area contributed by atoms with Crippen LogP contribution in [0.25, 0.3) is 6.08 Å². The summed E-state index contributed by atoms with van der Waals surface area (Å²) in [6, 6.07) is 9.43. The van der Waals surface area contributed by atoms with Crippen LogP contribution in [0.15, 0.2) is 42.1 Å². The first-order chi connectivity index (χ1) is 13.8. The van der Waals surface area contributed by atoms with E-state index in [-0.39, 0.29) is 35.0 Å². The third-order valence-electron chi connectivity index (χ3n) is 4.45. The van der Waals surface area contributed by atoms with Gasteiger partial charge < -0.3 is 14.8 Å². The van der Waals surface area contributed by atoms with Gasteiger partial charge in [0.05, 0.1) is 37.3 Å². The van der Waals surface area contributed by atoms with Crippen molar-refractivity contribution in [2.24, 2.45) is 0 Å². The predicted octanol–water partition coefficient (Wildman–Crippen LogP) is 3.01. The molecule has 1 aliphatic heterocycles. The number of nitrogens with one attached hydrogen (secondary N) is 1. The second-order valence-electron chi connectivity index (χ2n) is 6.39. The van der Waals surface area contributed by atoms with Crippen molar-refractivity contribution in [3.05, 3.63) is 68.9 Å². The van der Waals surface area contributed by atoms with E-state index in [2.05, 4.69) is 5.32 Å². The highest BCUT2D eigenvalue weighted by Crippen LogP contribution is 2.35. The van der Waals surface area contributed by atoms with Gasteiger partial charge >= 0.3 is 6.03 Å². The van der Waals surface area contributed by atoms with Crippen molar-refractivity contribution in [3.63, 3.8) is 0 Å². The third-order valence-corrected chi connectivity index (χ3v) is 4.45. The SMILES string of the molecule is COc1cc(/C=C2/NC(=O)N(Cc3ccc(C)cc3)C2=O)c([N+](=O)[O-])cc1OC. The van der Waals surface area contributed by atoms with Crippen molar-refractivity contribution in [3.8, 4) is 11.5 Å². The third kappa shape index (κ3) is 4.03. The quantitative estimate of drug-likeness (QED) is 0.347. The van der Waals surface area contributed by atoms with Gasteiger partial charge in [-0.2, -0.15) is 0 Å². The number of hydrogen-bond acceptors (Lipinski definition) is 6. The number of ether oxygens (including phenoxy) is 2. The fraction of sp³-hybridized carbons (Fsp3) is 0.200. The molecule has 2 aromatic rings. The molecule has 9 nitrogen and oxygen atoms in total. The zero-order chi connectivity index (χ0) is 21.1. The standard InChI is InChI=1S/C20H19N3O6/c1-12-4-6-13(7-5-12)11-22-19(24)15(21-20(22)25)8-14-9-17(28-2)18(29-3)10-16(14)23(26)27/h4-10H,11H2,1-3H3,(H,21,25)/b15-8+. The molecule has 0 bridgehead atoms. The normalized spacial score (nSPS) is 14.9. The number of rotatable bonds is 6. The van der Waals surface area contributed by atoms with E-state index >= 15 is 0 Å². The van der Waals surface area contributed by atoms with Crippen LogP contribution in [0.2, 0.25) is 0 Å². The Kier molecular flexibility index (Phi) is 5.49. The molecular weight excluding hydrogens is 378 g/mol. The molecule has 0 saturated carbocycles. The Balaban J connectivity index is 1.94. The summed E-state index contributed by atoms with van der Waals surface area (Å²) in [6.07, 6.45) is 1.26. The second-order valence-corrected chi connectivity index (χ2v) is 6.39. The lowest BCUT2D eigenvalue weighted by Gasteiger charge is -2.12. The molecular formula is C20H19N3O6. The first-order valence-electron chi connectivity index (χ1n) is 8.64. The van der Waals surface area contributed by atoms with E-state index < -0.39 is 16.9 Å². The molecule has 9 heteroatoms. The smallest absolute Gasteiger partial charge is 0.329 e. The summed E-state index contributed by atoms with van der Waals surface area (Å²) in [7, 11) is 2.76. The van der Waals surface area contributed by atoms with Crippen LogP contribution in [0.1, 0.15) is 16.7 Å². The first kappa shape index (κ1) is 19.9. The number of aryl methyl sites for hydroxylation is 1. The molecule has 3 rings (SSSR count). The minimum atomic E-state index is -0.598. The summed E-state index contributed by atoms with van der Waals surface area (Å²) >= 11 is 0. The maximum absolute atomic E-state index is 12.7. The lowest BCUT2D eigenvalue weighted by atomic mass is 10.1. The maximum atomic E-state index is 12.7. The molecule has 1 fully saturated rings. The Hall–Kier alpha value is -3.88. The first-order valence-corrected chi connectivity index (χ1v) is 8.64. The number of benzene rings is 2. The van der Waals surface area contributed by atoms with E-state index in [1.54, 1.807) is 0 Å². The fourth-order valence-corrected chi connectivity index (χ4v) is 2.90. The zero-order valence-electron chi connectivity index (χ0n) is 16.1. The molecule has 1 aliphatic rings. The number of nitrogens with zero attached hydrogens (tertiary/aromatic N) is 2. The summed E-state index contributed by atoms with van der Waals surface area (Å²) in [5.74, 6) is -0.123. The number of amides is 3. The minimum absolute atomic E-state index is 0.0579. The molecule has 150 valence electrons. The molecule has 29 heavy (non-hydrogen) atoms. The van der Waals surface area contributed by atoms with Gasteiger partial charge in [0, 0.05) is 0 Å². The predicted molar refractivity (Wildman–Crippen MR) is 104 cm³/mol. The number of methoxy groups -OCH3 is 2. The van der Waals surface area contributed by atoms with Gasteiger partial charge in [0.2, 0.25) is 0 Å². The maximum Gasteiger partial charge on any atom is 0.329 e. The summed E-state index contributed by atoms with van der Waals surface area (Å²) in [6.45, 7) is 2.03. The van der Waals surface area contributed by atoms with Crippen LogP contribution in [0.3, 0.4) is 0 Å². The van der Waals surface area contributed by atoms with Crippen molar-refractivity contribution in [1.82, 2.24) is 10.2 Å². The average Bonchev–Trinajstić information content (AvgIpc) is 2.96. The van der Waals surface area contributed by atoms with Crippen molar-refractivity contribution in [1.29, 1.82) is 0 Å². The van der Waals surface area contributed by atoms with Gasteiger partial charge in [-0.3, -0.25) is 19.8 Å². The monoisotopic (exact) mass is 397 g/mol. The molecule has 1 N–H and O–H groups in total. The Morgan fingerprint density at radius 2 is 1.72 bits per heavy atom. The molecule has 0 unspecified atom stereocenters. The largest absolute Gasteiger partial charge is 0.493 e. The van der Waals surface area contributed by atoms with Gasteiger partial charge in [0.15, 0.2) is 11.5 Å². The Bertz CT molecular complexity index is 1010. The second kappa shape index (κ2) is 8.01. The van der Waals surface area contributed by atoms with Crippen molar-refractivity contribution in [2.75, 3.05) is 14.2 Å². The van der Waals surface area contributed by atoms with Gasteiger partial charge in [0.25, 0.3) is 11.6 Å². The van der Waals surface area contributed by atoms with E-state index in [0.717, 1.165) is 16.0 Å². The number of nitro groups is 1. The number of hydrogen-bond donors (Lipinski definition) is 1. The van der Waals surface area contributed by atoms with Gasteiger partial charge in [-0.15, -0.1) is 0 Å². The molecule has 0 spiro atoms. The van der Waals surface area contributed by atoms with Crippen LogP contribution < -0.4 is 14.8 Å². The number of urea groups is 1. The molecule has 0 aliphatic carbocycles. The van der Waals surface area contributed by atoms with Gasteiger partial charge in [-0.05, 0) is 24.6 Å². The van der Waals surface area contributed by atoms with Gasteiger partial charge in [-0.25, -0.2) is 4.79 Å². The highest BCUT2D eigenvalue weighted by atomic mass is 16.6. The molecule has 0 aromatic heterocycles. The molecule has 0 radical (unpaired) electrons. The van der Waals surface area contributed by atoms with E-state index in [1.165, 1.54) is 32.4 Å². The summed E-state index contributed by atoms with van der Waals surface area (Å²) in [5.41, 5.74) is 1.62. The van der Waals surface area contributed by atoms with E-state index in [1.807, 2.05) is 31.2 Å². The van der Waals surface area contributed by atoms with Gasteiger partial charge in [0.1, 0.15) is 5.70 Å². The topological polar surface area (TPSA) is 111 Å². The van der Waals surface area contributed by atoms with E-state index in [4.69, 9.17) is 9.47 Å². The minimum Gasteiger partial charge on any atom is -0.493 e. The Labute approximate surface area is 166 Å². The molecule has 3 amide bonds. The van der Waals surface area contributed by atoms with Crippen molar-refractivity contribution in [2.45, 2.75) is 13.5 Å². The average molecular weight is 397 g/mol. The van der Waals surface area contributed by atoms with E-state index in [0.29, 0.717) is 0 Å². The highest BCUT2D eigenvalue weighted by Gasteiger charge is 2.34. The summed E-state index contributed by atoms with van der Waals surface area (Å²) in [5, 5.41) is 13.9. The lowest BCUT2D eigenvalue weighted by molar-refractivity contribution is -0.385. The van der Waals surface area contributed by atoms with Crippen molar-refractivity contribution < 1.29 is 24.0 Å². The van der Waals surface area contributed by atoms with Crippen molar-refractivity contribution >= 4 is 23.7 Å². The Morgan fingerprint density at radius 3 is 2.31 bits per heavy atom. The summed E-state index contributed by atoms with van der Waals surface area (Å²) < 4.78 is 10.3. The van der Waals surface area contributed by atoms with Crippen LogP contribution in [-0.4, -0.2) is 36.0 Å². The number of carbonyl (C=O) groups excluding carboxylic acids is 2. The van der Waals surface area contributed by atoms with E-state index in [9.17, 15) is 19.7 Å². The number of imide groups is 1. The van der Waals surface area contributed by atoms with Crippen LogP contribution >= 0.6 is 0 Å². The fourth-order valence-electron chi connectivity index (χ4n) is 2.90. The van der Waals surface area contributed by atoms with Crippen LogP contribution in [0.4, 0.5) is 10.5 Å². The van der Waals surface area contributed by atoms with Crippen LogP contribution in [0, 0.1) is 17.0 Å². The van der Waals surface area contributed by atoms with Gasteiger partial charge in [-0.1, -0.05) is 29.8 Å². The summed E-state index contributed by atoms with van der Waals surface area (Å²) in [4.78, 5) is 36.9. The zero-order valence-corrected chi connectivity index (χ0v) is 16.1. The molecule has 1 saturated heterocycles.